The first kappa shape index (κ1) is 13.4. The van der Waals surface area contributed by atoms with E-state index in [4.69, 9.17) is 15.7 Å². The summed E-state index contributed by atoms with van der Waals surface area (Å²) in [5.74, 6) is 0.395. The maximum absolute atomic E-state index is 5.98. The Bertz CT molecular complexity index is 966. The zero-order valence-corrected chi connectivity index (χ0v) is 12.3. The van der Waals surface area contributed by atoms with Gasteiger partial charge in [-0.05, 0) is 6.07 Å². The second-order valence-corrected chi connectivity index (χ2v) is 5.22. The van der Waals surface area contributed by atoms with Crippen molar-refractivity contribution < 1.29 is 0 Å². The minimum absolute atomic E-state index is 0.395. The molecule has 4 aromatic rings. The number of hydrogen-bond acceptors (Lipinski definition) is 4. The zero-order valence-electron chi connectivity index (χ0n) is 12.3. The van der Waals surface area contributed by atoms with Crippen LogP contribution in [0.3, 0.4) is 0 Å². The number of rotatable bonds is 2. The van der Waals surface area contributed by atoms with E-state index in [0.29, 0.717) is 11.3 Å². The van der Waals surface area contributed by atoms with E-state index in [1.54, 1.807) is 6.20 Å². The maximum Gasteiger partial charge on any atom is 0.151 e. The first-order valence-electron chi connectivity index (χ1n) is 7.36. The SMILES string of the molecule is Nc1nccc2nc(-c3ccccc3)c(-c3ccccc3)nc12. The lowest BCUT2D eigenvalue weighted by Crippen LogP contribution is -1.99. The Morgan fingerprint density at radius 1 is 0.652 bits per heavy atom. The third kappa shape index (κ3) is 2.40. The molecule has 0 bridgehead atoms. The Morgan fingerprint density at radius 3 is 1.83 bits per heavy atom. The van der Waals surface area contributed by atoms with Gasteiger partial charge >= 0.3 is 0 Å². The zero-order chi connectivity index (χ0) is 15.6. The molecule has 0 atom stereocenters. The van der Waals surface area contributed by atoms with Gasteiger partial charge in [-0.25, -0.2) is 15.0 Å². The van der Waals surface area contributed by atoms with Crippen LogP contribution in [-0.4, -0.2) is 15.0 Å². The van der Waals surface area contributed by atoms with Gasteiger partial charge in [-0.3, -0.25) is 0 Å². The molecule has 0 radical (unpaired) electrons. The average Bonchev–Trinajstić information content (AvgIpc) is 2.63. The average molecular weight is 298 g/mol. The van der Waals surface area contributed by atoms with Crippen molar-refractivity contribution in [3.63, 3.8) is 0 Å². The monoisotopic (exact) mass is 298 g/mol. The molecule has 4 nitrogen and oxygen atoms in total. The predicted molar refractivity (Wildman–Crippen MR) is 92.6 cm³/mol. The van der Waals surface area contributed by atoms with Crippen LogP contribution in [0.5, 0.6) is 0 Å². The van der Waals surface area contributed by atoms with Crippen LogP contribution in [0.4, 0.5) is 5.82 Å². The predicted octanol–water partition coefficient (Wildman–Crippen LogP) is 3.94. The van der Waals surface area contributed by atoms with Gasteiger partial charge in [0.2, 0.25) is 0 Å². The van der Waals surface area contributed by atoms with Gasteiger partial charge in [0.1, 0.15) is 5.52 Å². The lowest BCUT2D eigenvalue weighted by Gasteiger charge is -2.11. The number of nitrogens with two attached hydrogens (primary N) is 1. The van der Waals surface area contributed by atoms with Crippen molar-refractivity contribution in [3.05, 3.63) is 72.9 Å². The van der Waals surface area contributed by atoms with E-state index in [1.807, 2.05) is 66.7 Å². The molecule has 0 aliphatic heterocycles. The summed E-state index contributed by atoms with van der Waals surface area (Å²) in [4.78, 5) is 13.7. The normalized spacial score (nSPS) is 10.8. The molecule has 0 spiro atoms. The minimum Gasteiger partial charge on any atom is -0.382 e. The van der Waals surface area contributed by atoms with Gasteiger partial charge in [-0.2, -0.15) is 0 Å². The largest absolute Gasteiger partial charge is 0.382 e. The molecule has 0 saturated carbocycles. The molecule has 4 rings (SSSR count). The van der Waals surface area contributed by atoms with Crippen LogP contribution in [0, 0.1) is 0 Å². The van der Waals surface area contributed by atoms with E-state index >= 15 is 0 Å². The Hall–Kier alpha value is -3.27. The van der Waals surface area contributed by atoms with Crippen LogP contribution in [-0.2, 0) is 0 Å². The molecular formula is C19H14N4. The highest BCUT2D eigenvalue weighted by Crippen LogP contribution is 2.31. The third-order valence-corrected chi connectivity index (χ3v) is 3.71. The van der Waals surface area contributed by atoms with Crippen LogP contribution in [0.25, 0.3) is 33.5 Å². The lowest BCUT2D eigenvalue weighted by molar-refractivity contribution is 1.26. The van der Waals surface area contributed by atoms with Crippen molar-refractivity contribution in [2.24, 2.45) is 0 Å². The molecule has 4 heteroatoms. The lowest BCUT2D eigenvalue weighted by atomic mass is 10.0. The van der Waals surface area contributed by atoms with Gasteiger partial charge in [0, 0.05) is 17.3 Å². The van der Waals surface area contributed by atoms with Crippen molar-refractivity contribution in [1.82, 2.24) is 15.0 Å². The molecule has 2 aromatic carbocycles. The van der Waals surface area contributed by atoms with E-state index in [2.05, 4.69) is 4.98 Å². The molecule has 2 N–H and O–H groups in total. The molecule has 0 aliphatic rings. The van der Waals surface area contributed by atoms with Crippen LogP contribution in [0.1, 0.15) is 0 Å². The second-order valence-electron chi connectivity index (χ2n) is 5.22. The second kappa shape index (κ2) is 5.50. The number of benzene rings is 2. The van der Waals surface area contributed by atoms with Crippen molar-refractivity contribution in [3.8, 4) is 22.5 Å². The van der Waals surface area contributed by atoms with Crippen LogP contribution >= 0.6 is 0 Å². The first-order valence-corrected chi connectivity index (χ1v) is 7.36. The summed E-state index contributed by atoms with van der Waals surface area (Å²) in [6.45, 7) is 0. The van der Waals surface area contributed by atoms with Gasteiger partial charge in [0.15, 0.2) is 5.82 Å². The minimum atomic E-state index is 0.395. The van der Waals surface area contributed by atoms with Crippen LogP contribution in [0.2, 0.25) is 0 Å². The highest BCUT2D eigenvalue weighted by atomic mass is 14.9. The van der Waals surface area contributed by atoms with Crippen LogP contribution < -0.4 is 5.73 Å². The van der Waals surface area contributed by atoms with Gasteiger partial charge < -0.3 is 5.73 Å². The standard InChI is InChI=1S/C19H14N4/c20-19-18-15(11-12-21-19)22-16(13-7-3-1-4-8-13)17(23-18)14-9-5-2-6-10-14/h1-12H,(H2,20,21). The fourth-order valence-electron chi connectivity index (χ4n) is 2.60. The summed E-state index contributed by atoms with van der Waals surface area (Å²) in [5, 5.41) is 0. The summed E-state index contributed by atoms with van der Waals surface area (Å²) in [7, 11) is 0. The third-order valence-electron chi connectivity index (χ3n) is 3.71. The Labute approximate surface area is 133 Å². The molecule has 0 amide bonds. The van der Waals surface area contributed by atoms with Gasteiger partial charge in [-0.15, -0.1) is 0 Å². The maximum atomic E-state index is 5.98. The smallest absolute Gasteiger partial charge is 0.151 e. The van der Waals surface area contributed by atoms with Crippen molar-refractivity contribution >= 4 is 16.9 Å². The summed E-state index contributed by atoms with van der Waals surface area (Å²) in [5.41, 5.74) is 11.0. The molecule has 0 aliphatic carbocycles. The number of nitrogens with zero attached hydrogens (tertiary/aromatic N) is 3. The first-order chi connectivity index (χ1) is 11.3. The number of hydrogen-bond donors (Lipinski definition) is 1. The number of anilines is 1. The van der Waals surface area contributed by atoms with Crippen LogP contribution in [0.15, 0.2) is 72.9 Å². The fourth-order valence-corrected chi connectivity index (χ4v) is 2.60. The summed E-state index contributed by atoms with van der Waals surface area (Å²) in [6.07, 6.45) is 1.66. The number of nitrogen functional groups attached to an aromatic ring is 1. The molecular weight excluding hydrogens is 284 g/mol. The topological polar surface area (TPSA) is 64.7 Å². The molecule has 0 unspecified atom stereocenters. The molecule has 23 heavy (non-hydrogen) atoms. The van der Waals surface area contributed by atoms with Gasteiger partial charge in [-0.1, -0.05) is 60.7 Å². The number of aromatic nitrogens is 3. The summed E-state index contributed by atoms with van der Waals surface area (Å²) in [6, 6.07) is 21.9. The van der Waals surface area contributed by atoms with Crippen molar-refractivity contribution in [1.29, 1.82) is 0 Å². The van der Waals surface area contributed by atoms with E-state index < -0.39 is 0 Å². The van der Waals surface area contributed by atoms with E-state index in [-0.39, 0.29) is 0 Å². The Morgan fingerprint density at radius 2 is 1.22 bits per heavy atom. The van der Waals surface area contributed by atoms with E-state index in [1.165, 1.54) is 0 Å². The molecule has 0 saturated heterocycles. The Kier molecular flexibility index (Phi) is 3.20. The number of pyridine rings is 1. The molecule has 0 fully saturated rings. The fraction of sp³-hybridized carbons (Fsp3) is 0. The molecule has 2 heterocycles. The molecule has 2 aromatic heterocycles. The summed E-state index contributed by atoms with van der Waals surface area (Å²) >= 11 is 0. The Balaban J connectivity index is 2.07. The van der Waals surface area contributed by atoms with E-state index in [9.17, 15) is 0 Å². The van der Waals surface area contributed by atoms with E-state index in [0.717, 1.165) is 28.0 Å². The summed E-state index contributed by atoms with van der Waals surface area (Å²) < 4.78 is 0. The van der Waals surface area contributed by atoms with Crippen molar-refractivity contribution in [2.75, 3.05) is 5.73 Å². The van der Waals surface area contributed by atoms with Gasteiger partial charge in [0.25, 0.3) is 0 Å². The van der Waals surface area contributed by atoms with Gasteiger partial charge in [0.05, 0.1) is 16.9 Å². The van der Waals surface area contributed by atoms with Crippen molar-refractivity contribution in [2.45, 2.75) is 0 Å². The highest BCUT2D eigenvalue weighted by Gasteiger charge is 2.14. The highest BCUT2D eigenvalue weighted by molar-refractivity contribution is 5.90. The molecule has 110 valence electrons. The quantitative estimate of drug-likeness (QED) is 0.608. The number of fused-ring (bicyclic) bond motifs is 1.